The van der Waals surface area contributed by atoms with Crippen molar-refractivity contribution in [3.8, 4) is 5.75 Å². The van der Waals surface area contributed by atoms with E-state index < -0.39 is 17.9 Å². The van der Waals surface area contributed by atoms with E-state index in [1.54, 1.807) is 34.9 Å². The van der Waals surface area contributed by atoms with Gasteiger partial charge in [-0.15, -0.1) is 0 Å². The van der Waals surface area contributed by atoms with Crippen molar-refractivity contribution in [2.75, 3.05) is 13.7 Å². The van der Waals surface area contributed by atoms with E-state index in [9.17, 15) is 14.4 Å². The molecule has 2 N–H and O–H groups in total. The third-order valence-corrected chi connectivity index (χ3v) is 7.07. The van der Waals surface area contributed by atoms with E-state index >= 15 is 0 Å². The van der Waals surface area contributed by atoms with E-state index in [4.69, 9.17) is 31.4 Å². The number of oxime groups is 1. The largest absolute Gasteiger partial charge is 0.492 e. The van der Waals surface area contributed by atoms with E-state index in [-0.39, 0.29) is 17.9 Å². The lowest BCUT2D eigenvalue weighted by Gasteiger charge is -2.10. The molecule has 4 rings (SSSR count). The van der Waals surface area contributed by atoms with Crippen molar-refractivity contribution in [2.24, 2.45) is 11.1 Å². The van der Waals surface area contributed by atoms with Crippen LogP contribution in [0.3, 0.4) is 0 Å². The molecule has 0 saturated carbocycles. The first kappa shape index (κ1) is 26.9. The highest BCUT2D eigenvalue weighted by Gasteiger charge is 2.25. The number of fused-ring (bicyclic) bond motifs is 1. The van der Waals surface area contributed by atoms with Crippen LogP contribution >= 0.6 is 22.9 Å². The summed E-state index contributed by atoms with van der Waals surface area (Å²) in [7, 11) is 1.46. The Labute approximate surface area is 226 Å². The molecular weight excluding hydrogens is 532 g/mol. The van der Waals surface area contributed by atoms with Crippen molar-refractivity contribution >= 4 is 50.8 Å². The third-order valence-electron chi connectivity index (χ3n) is 5.80. The molecular formula is C27H23ClN2O7S. The van der Waals surface area contributed by atoms with Crippen LogP contribution in [0.4, 0.5) is 0 Å². The number of hydrogen-bond acceptors (Lipinski definition) is 7. The number of carboxylic acids is 2. The van der Waals surface area contributed by atoms with E-state index in [1.807, 2.05) is 36.4 Å². The van der Waals surface area contributed by atoms with Gasteiger partial charge >= 0.3 is 16.8 Å². The quantitative estimate of drug-likeness (QED) is 0.158. The molecule has 9 nitrogen and oxygen atoms in total. The standard InChI is InChI=1S/C27H23ClN2O7S/c1-36-29-24(19-4-2-3-5-21(19)28)17-8-11-22-23(15-17)38-27(35)30(22)12-13-37-18-9-6-16(7-10-18)14-20(25(31)32)26(33)34/h2-11,15,20H,12-14H2,1H3,(H,31,32)(H,33,34)/b29-24+. The molecule has 0 amide bonds. The summed E-state index contributed by atoms with van der Waals surface area (Å²) >= 11 is 7.48. The Kier molecular flexibility index (Phi) is 8.45. The lowest BCUT2D eigenvalue weighted by atomic mass is 10.00. The van der Waals surface area contributed by atoms with E-state index in [2.05, 4.69) is 5.16 Å². The highest BCUT2D eigenvalue weighted by atomic mass is 35.5. The molecule has 0 aliphatic carbocycles. The number of halogens is 1. The van der Waals surface area contributed by atoms with Crippen molar-refractivity contribution in [3.05, 3.63) is 98.1 Å². The van der Waals surface area contributed by atoms with Gasteiger partial charge in [0.25, 0.3) is 0 Å². The maximum Gasteiger partial charge on any atom is 0.318 e. The van der Waals surface area contributed by atoms with Gasteiger partial charge in [0.05, 0.1) is 21.8 Å². The second-order valence-electron chi connectivity index (χ2n) is 8.23. The van der Waals surface area contributed by atoms with E-state index in [1.165, 1.54) is 7.11 Å². The molecule has 1 aromatic heterocycles. The maximum absolute atomic E-state index is 12.7. The zero-order valence-corrected chi connectivity index (χ0v) is 21.7. The minimum atomic E-state index is -1.51. The number of hydrogen-bond donors (Lipinski definition) is 2. The fourth-order valence-electron chi connectivity index (χ4n) is 3.92. The summed E-state index contributed by atoms with van der Waals surface area (Å²) in [6, 6.07) is 19.4. The normalized spacial score (nSPS) is 11.6. The summed E-state index contributed by atoms with van der Waals surface area (Å²) in [6.07, 6.45) is -0.128. The minimum Gasteiger partial charge on any atom is -0.492 e. The van der Waals surface area contributed by atoms with Crippen LogP contribution in [0.15, 0.2) is 76.7 Å². The van der Waals surface area contributed by atoms with Gasteiger partial charge in [0, 0.05) is 11.1 Å². The molecule has 0 spiro atoms. The minimum absolute atomic E-state index is 0.128. The number of benzene rings is 3. The molecule has 11 heteroatoms. The fraction of sp³-hybridized carbons (Fsp3) is 0.185. The molecule has 0 aliphatic heterocycles. The van der Waals surface area contributed by atoms with Crippen LogP contribution in [-0.4, -0.2) is 46.1 Å². The Hall–Kier alpha value is -4.15. The third kappa shape index (κ3) is 6.04. The monoisotopic (exact) mass is 554 g/mol. The van der Waals surface area contributed by atoms with Crippen molar-refractivity contribution < 1.29 is 29.4 Å². The first-order chi connectivity index (χ1) is 18.3. The average Bonchev–Trinajstić information content (AvgIpc) is 3.21. The molecule has 4 aromatic rings. The number of carboxylic acid groups (broad SMARTS) is 2. The lowest BCUT2D eigenvalue weighted by molar-refractivity contribution is -0.154. The number of rotatable bonds is 11. The molecule has 0 unspecified atom stereocenters. The smallest absolute Gasteiger partial charge is 0.318 e. The highest BCUT2D eigenvalue weighted by Crippen LogP contribution is 2.25. The number of nitrogens with zero attached hydrogens (tertiary/aromatic N) is 2. The molecule has 38 heavy (non-hydrogen) atoms. The second kappa shape index (κ2) is 11.9. The zero-order chi connectivity index (χ0) is 27.2. The van der Waals surface area contributed by atoms with Crippen LogP contribution in [0.1, 0.15) is 16.7 Å². The van der Waals surface area contributed by atoms with Crippen LogP contribution in [-0.2, 0) is 27.4 Å². The summed E-state index contributed by atoms with van der Waals surface area (Å²) in [5.41, 5.74) is 3.34. The molecule has 0 radical (unpaired) electrons. The molecule has 3 aromatic carbocycles. The number of aliphatic carboxylic acids is 2. The van der Waals surface area contributed by atoms with Crippen LogP contribution in [0.5, 0.6) is 5.75 Å². The molecule has 196 valence electrons. The first-order valence-corrected chi connectivity index (χ1v) is 12.6. The van der Waals surface area contributed by atoms with E-state index in [0.29, 0.717) is 34.2 Å². The Morgan fingerprint density at radius 2 is 1.76 bits per heavy atom. The average molecular weight is 555 g/mol. The molecule has 1 heterocycles. The Bertz CT molecular complexity index is 1550. The van der Waals surface area contributed by atoms with Crippen LogP contribution in [0.2, 0.25) is 5.02 Å². The van der Waals surface area contributed by atoms with Gasteiger partial charge in [0.1, 0.15) is 25.2 Å². The Balaban J connectivity index is 1.46. The van der Waals surface area contributed by atoms with Crippen LogP contribution < -0.4 is 9.61 Å². The number of thiazole rings is 1. The molecule has 0 saturated heterocycles. The number of carbonyl (C=O) groups is 2. The first-order valence-electron chi connectivity index (χ1n) is 11.5. The number of ether oxygens (including phenoxy) is 1. The van der Waals surface area contributed by atoms with Gasteiger partial charge in [-0.05, 0) is 42.3 Å². The van der Waals surface area contributed by atoms with Gasteiger partial charge in [0.15, 0.2) is 5.92 Å². The van der Waals surface area contributed by atoms with Gasteiger partial charge in [-0.2, -0.15) is 0 Å². The van der Waals surface area contributed by atoms with Crippen LogP contribution in [0.25, 0.3) is 10.2 Å². The predicted octanol–water partition coefficient (Wildman–Crippen LogP) is 4.52. The van der Waals surface area contributed by atoms with Gasteiger partial charge in [0.2, 0.25) is 0 Å². The molecule has 0 bridgehead atoms. The van der Waals surface area contributed by atoms with Crippen LogP contribution in [0, 0.1) is 5.92 Å². The van der Waals surface area contributed by atoms with Gasteiger partial charge in [-0.25, -0.2) is 0 Å². The topological polar surface area (TPSA) is 127 Å². The van der Waals surface area contributed by atoms with Crippen molar-refractivity contribution in [3.63, 3.8) is 0 Å². The van der Waals surface area contributed by atoms with E-state index in [0.717, 1.165) is 27.1 Å². The summed E-state index contributed by atoms with van der Waals surface area (Å²) in [5, 5.41) is 22.8. The number of aromatic nitrogens is 1. The maximum atomic E-state index is 12.7. The van der Waals surface area contributed by atoms with Crippen molar-refractivity contribution in [1.82, 2.24) is 4.57 Å². The summed E-state index contributed by atoms with van der Waals surface area (Å²) in [4.78, 5) is 39.8. The van der Waals surface area contributed by atoms with Gasteiger partial charge in [-0.3, -0.25) is 19.0 Å². The van der Waals surface area contributed by atoms with Gasteiger partial charge < -0.3 is 19.8 Å². The zero-order valence-electron chi connectivity index (χ0n) is 20.2. The summed E-state index contributed by atoms with van der Waals surface area (Å²) < 4.78 is 8.17. The summed E-state index contributed by atoms with van der Waals surface area (Å²) in [5.74, 6) is -3.76. The second-order valence-corrected chi connectivity index (χ2v) is 9.63. The molecule has 0 atom stereocenters. The SMILES string of the molecule is CO/N=C(\c1ccc2c(c1)sc(=O)n2CCOc1ccc(CC(C(=O)O)C(=O)O)cc1)c1ccccc1Cl. The Morgan fingerprint density at radius 3 is 2.42 bits per heavy atom. The fourth-order valence-corrected chi connectivity index (χ4v) is 5.10. The van der Waals surface area contributed by atoms with Crippen molar-refractivity contribution in [1.29, 1.82) is 0 Å². The van der Waals surface area contributed by atoms with Crippen molar-refractivity contribution in [2.45, 2.75) is 13.0 Å². The van der Waals surface area contributed by atoms with Gasteiger partial charge in [-0.1, -0.05) is 64.5 Å². The molecule has 0 aliphatic rings. The predicted molar refractivity (Wildman–Crippen MR) is 145 cm³/mol. The highest BCUT2D eigenvalue weighted by molar-refractivity contribution is 7.16. The molecule has 0 fully saturated rings. The Morgan fingerprint density at radius 1 is 1.05 bits per heavy atom. The lowest BCUT2D eigenvalue weighted by Crippen LogP contribution is -2.25. The summed E-state index contributed by atoms with van der Waals surface area (Å²) in [6.45, 7) is 0.527.